The molecule has 3 rings (SSSR count). The van der Waals surface area contributed by atoms with Crippen molar-refractivity contribution in [1.82, 2.24) is 5.32 Å². The van der Waals surface area contributed by atoms with Gasteiger partial charge in [-0.1, -0.05) is 30.3 Å². The molecule has 0 amide bonds. The van der Waals surface area contributed by atoms with Crippen LogP contribution in [0.4, 0.5) is 10.1 Å². The minimum absolute atomic E-state index is 0.179. The van der Waals surface area contributed by atoms with Crippen LogP contribution in [-0.2, 0) is 6.42 Å². The van der Waals surface area contributed by atoms with E-state index in [9.17, 15) is 4.39 Å². The van der Waals surface area contributed by atoms with Gasteiger partial charge in [-0.2, -0.15) is 0 Å². The van der Waals surface area contributed by atoms with Crippen molar-refractivity contribution in [3.8, 4) is 0 Å². The largest absolute Gasteiger partial charge is 0.371 e. The number of hydrogen-bond donors (Lipinski definition) is 1. The zero-order valence-corrected chi connectivity index (χ0v) is 12.3. The lowest BCUT2D eigenvalue weighted by molar-refractivity contribution is 0.542. The van der Waals surface area contributed by atoms with Gasteiger partial charge in [0.15, 0.2) is 0 Å². The molecule has 0 saturated heterocycles. The molecule has 1 N–H and O–H groups in total. The number of rotatable bonds is 5. The van der Waals surface area contributed by atoms with Crippen LogP contribution < -0.4 is 10.2 Å². The van der Waals surface area contributed by atoms with Crippen LogP contribution in [0.5, 0.6) is 0 Å². The smallest absolute Gasteiger partial charge is 0.123 e. The van der Waals surface area contributed by atoms with E-state index in [0.717, 1.165) is 31.5 Å². The monoisotopic (exact) mass is 284 g/mol. The highest BCUT2D eigenvalue weighted by molar-refractivity contribution is 5.57. The fourth-order valence-corrected chi connectivity index (χ4v) is 3.10. The first-order chi connectivity index (χ1) is 10.3. The van der Waals surface area contributed by atoms with Crippen molar-refractivity contribution in [1.29, 1.82) is 0 Å². The summed E-state index contributed by atoms with van der Waals surface area (Å²) in [6, 6.07) is 15.7. The Balaban J connectivity index is 1.65. The van der Waals surface area contributed by atoms with Crippen molar-refractivity contribution in [2.24, 2.45) is 0 Å². The topological polar surface area (TPSA) is 15.3 Å². The van der Waals surface area contributed by atoms with E-state index < -0.39 is 0 Å². The summed E-state index contributed by atoms with van der Waals surface area (Å²) in [4.78, 5) is 2.45. The maximum atomic E-state index is 13.0. The van der Waals surface area contributed by atoms with Crippen LogP contribution in [0.1, 0.15) is 23.6 Å². The van der Waals surface area contributed by atoms with E-state index in [-0.39, 0.29) is 11.9 Å². The SMILES string of the molecule is CNC(CCN1CCc2ccccc21)c1ccc(F)cc1. The van der Waals surface area contributed by atoms with Gasteiger partial charge < -0.3 is 10.2 Å². The molecule has 1 unspecified atom stereocenters. The molecule has 0 spiro atoms. The van der Waals surface area contributed by atoms with E-state index in [4.69, 9.17) is 0 Å². The van der Waals surface area contributed by atoms with Crippen molar-refractivity contribution in [2.45, 2.75) is 18.9 Å². The molecule has 0 saturated carbocycles. The van der Waals surface area contributed by atoms with Crippen molar-refractivity contribution in [3.63, 3.8) is 0 Å². The predicted molar refractivity (Wildman–Crippen MR) is 85.2 cm³/mol. The number of fused-ring (bicyclic) bond motifs is 1. The molecular weight excluding hydrogens is 263 g/mol. The Labute approximate surface area is 125 Å². The zero-order chi connectivity index (χ0) is 14.7. The predicted octanol–water partition coefficient (Wildman–Crippen LogP) is 3.54. The summed E-state index contributed by atoms with van der Waals surface area (Å²) in [6.07, 6.45) is 2.15. The van der Waals surface area contributed by atoms with Crippen molar-refractivity contribution in [2.75, 3.05) is 25.0 Å². The number of anilines is 1. The Morgan fingerprint density at radius 2 is 1.90 bits per heavy atom. The van der Waals surface area contributed by atoms with Gasteiger partial charge in [-0.15, -0.1) is 0 Å². The standard InChI is InChI=1S/C18H21FN2/c1-20-17(14-6-8-16(19)9-7-14)11-13-21-12-10-15-4-2-3-5-18(15)21/h2-9,17,20H,10-13H2,1H3. The molecule has 0 aliphatic carbocycles. The molecule has 21 heavy (non-hydrogen) atoms. The summed E-state index contributed by atoms with van der Waals surface area (Å²) in [7, 11) is 1.96. The third kappa shape index (κ3) is 3.08. The second-order valence-electron chi connectivity index (χ2n) is 5.55. The second-order valence-corrected chi connectivity index (χ2v) is 5.55. The maximum Gasteiger partial charge on any atom is 0.123 e. The number of nitrogens with one attached hydrogen (secondary N) is 1. The lowest BCUT2D eigenvalue weighted by Gasteiger charge is -2.23. The van der Waals surface area contributed by atoms with Gasteiger partial charge in [0, 0.05) is 24.8 Å². The van der Waals surface area contributed by atoms with Gasteiger partial charge in [-0.3, -0.25) is 0 Å². The van der Waals surface area contributed by atoms with Crippen LogP contribution in [0.3, 0.4) is 0 Å². The Hall–Kier alpha value is -1.87. The van der Waals surface area contributed by atoms with E-state index in [1.54, 1.807) is 0 Å². The average molecular weight is 284 g/mol. The highest BCUT2D eigenvalue weighted by atomic mass is 19.1. The van der Waals surface area contributed by atoms with E-state index in [1.165, 1.54) is 23.4 Å². The minimum Gasteiger partial charge on any atom is -0.371 e. The van der Waals surface area contributed by atoms with Crippen molar-refractivity contribution in [3.05, 3.63) is 65.5 Å². The van der Waals surface area contributed by atoms with Gasteiger partial charge in [-0.25, -0.2) is 4.39 Å². The number of halogens is 1. The molecule has 0 fully saturated rings. The molecule has 0 radical (unpaired) electrons. The van der Waals surface area contributed by atoms with E-state index in [1.807, 2.05) is 19.2 Å². The number of para-hydroxylation sites is 1. The summed E-state index contributed by atoms with van der Waals surface area (Å²) in [6.45, 7) is 2.11. The third-order valence-electron chi connectivity index (χ3n) is 4.29. The van der Waals surface area contributed by atoms with Gasteiger partial charge in [-0.05, 0) is 49.2 Å². The highest BCUT2D eigenvalue weighted by Crippen LogP contribution is 2.28. The van der Waals surface area contributed by atoms with E-state index in [2.05, 4.69) is 34.5 Å². The quantitative estimate of drug-likeness (QED) is 0.903. The molecule has 2 nitrogen and oxygen atoms in total. The Morgan fingerprint density at radius 1 is 1.14 bits per heavy atom. The molecule has 110 valence electrons. The second kappa shape index (κ2) is 6.27. The average Bonchev–Trinajstić information content (AvgIpc) is 2.93. The molecule has 3 heteroatoms. The fourth-order valence-electron chi connectivity index (χ4n) is 3.10. The van der Waals surface area contributed by atoms with Crippen molar-refractivity contribution < 1.29 is 4.39 Å². The first kappa shape index (κ1) is 14.1. The molecule has 0 aromatic heterocycles. The highest BCUT2D eigenvalue weighted by Gasteiger charge is 2.19. The number of nitrogens with zero attached hydrogens (tertiary/aromatic N) is 1. The normalized spacial score (nSPS) is 15.0. The number of benzene rings is 2. The third-order valence-corrected chi connectivity index (χ3v) is 4.29. The minimum atomic E-state index is -0.179. The van der Waals surface area contributed by atoms with Crippen LogP contribution in [-0.4, -0.2) is 20.1 Å². The Morgan fingerprint density at radius 3 is 2.67 bits per heavy atom. The van der Waals surface area contributed by atoms with Crippen molar-refractivity contribution >= 4 is 5.69 Å². The zero-order valence-electron chi connectivity index (χ0n) is 12.3. The van der Waals surface area contributed by atoms with Crippen LogP contribution in [0, 0.1) is 5.82 Å². The molecular formula is C18H21FN2. The molecule has 1 atom stereocenters. The van der Waals surface area contributed by atoms with E-state index >= 15 is 0 Å². The van der Waals surface area contributed by atoms with E-state index in [0.29, 0.717) is 0 Å². The molecule has 1 aliphatic heterocycles. The summed E-state index contributed by atoms with van der Waals surface area (Å²) in [5.41, 5.74) is 3.96. The summed E-state index contributed by atoms with van der Waals surface area (Å²) in [5.74, 6) is -0.179. The first-order valence-electron chi connectivity index (χ1n) is 7.53. The fraction of sp³-hybridized carbons (Fsp3) is 0.333. The molecule has 2 aromatic carbocycles. The van der Waals surface area contributed by atoms with Crippen LogP contribution in [0.15, 0.2) is 48.5 Å². The lowest BCUT2D eigenvalue weighted by Crippen LogP contribution is -2.27. The molecule has 2 aromatic rings. The van der Waals surface area contributed by atoms with Crippen LogP contribution >= 0.6 is 0 Å². The van der Waals surface area contributed by atoms with Gasteiger partial charge in [0.05, 0.1) is 0 Å². The Bertz CT molecular complexity index is 594. The van der Waals surface area contributed by atoms with Gasteiger partial charge in [0.1, 0.15) is 5.82 Å². The Kier molecular flexibility index (Phi) is 4.20. The molecule has 0 bridgehead atoms. The summed E-state index contributed by atoms with van der Waals surface area (Å²) < 4.78 is 13.0. The van der Waals surface area contributed by atoms with Crippen LogP contribution in [0.2, 0.25) is 0 Å². The number of hydrogen-bond acceptors (Lipinski definition) is 2. The van der Waals surface area contributed by atoms with Gasteiger partial charge in [0.2, 0.25) is 0 Å². The maximum absolute atomic E-state index is 13.0. The van der Waals surface area contributed by atoms with Crippen LogP contribution in [0.25, 0.3) is 0 Å². The first-order valence-corrected chi connectivity index (χ1v) is 7.53. The van der Waals surface area contributed by atoms with Gasteiger partial charge in [0.25, 0.3) is 0 Å². The summed E-state index contributed by atoms with van der Waals surface area (Å²) in [5, 5.41) is 3.34. The molecule has 1 aliphatic rings. The lowest BCUT2D eigenvalue weighted by atomic mass is 10.0. The molecule has 1 heterocycles. The van der Waals surface area contributed by atoms with Gasteiger partial charge >= 0.3 is 0 Å². The summed E-state index contributed by atoms with van der Waals surface area (Å²) >= 11 is 0.